The highest BCUT2D eigenvalue weighted by Gasteiger charge is 2.37. The van der Waals surface area contributed by atoms with Crippen molar-refractivity contribution < 1.29 is 13.2 Å². The maximum atomic E-state index is 13.0. The molecule has 19 heavy (non-hydrogen) atoms. The van der Waals surface area contributed by atoms with E-state index in [2.05, 4.69) is 0 Å². The van der Waals surface area contributed by atoms with Crippen LogP contribution in [0.25, 0.3) is 0 Å². The number of hydrogen-bond donors (Lipinski definition) is 1. The van der Waals surface area contributed by atoms with Crippen molar-refractivity contribution in [1.82, 2.24) is 0 Å². The molecule has 1 aliphatic carbocycles. The topological polar surface area (TPSA) is 26.0 Å². The zero-order chi connectivity index (χ0) is 14.8. The molecule has 1 nitrogen and oxygen atoms in total. The molecule has 0 spiro atoms. The summed E-state index contributed by atoms with van der Waals surface area (Å²) in [7, 11) is 0. The summed E-state index contributed by atoms with van der Waals surface area (Å²) in [5, 5.41) is 0. The van der Waals surface area contributed by atoms with Gasteiger partial charge in [0.25, 0.3) is 0 Å². The maximum absolute atomic E-state index is 13.0. The van der Waals surface area contributed by atoms with Crippen LogP contribution in [0.4, 0.5) is 13.2 Å². The second-order valence-electron chi connectivity index (χ2n) is 6.58. The Labute approximate surface area is 113 Å². The van der Waals surface area contributed by atoms with Gasteiger partial charge < -0.3 is 5.73 Å². The van der Waals surface area contributed by atoms with Gasteiger partial charge in [0, 0.05) is 5.57 Å². The van der Waals surface area contributed by atoms with E-state index in [1.165, 1.54) is 6.08 Å². The minimum Gasteiger partial charge on any atom is -0.330 e. The number of halogens is 3. The van der Waals surface area contributed by atoms with Gasteiger partial charge in [-0.2, -0.15) is 13.2 Å². The lowest BCUT2D eigenvalue weighted by Gasteiger charge is -2.30. The van der Waals surface area contributed by atoms with Crippen LogP contribution in [0, 0.1) is 17.3 Å². The minimum absolute atomic E-state index is 0.0607. The van der Waals surface area contributed by atoms with Crippen LogP contribution in [0.1, 0.15) is 40.5 Å². The van der Waals surface area contributed by atoms with Crippen LogP contribution in [0.2, 0.25) is 0 Å². The van der Waals surface area contributed by atoms with Crippen molar-refractivity contribution in [2.45, 2.75) is 46.7 Å². The van der Waals surface area contributed by atoms with Gasteiger partial charge >= 0.3 is 6.18 Å². The first-order valence-electron chi connectivity index (χ1n) is 6.74. The van der Waals surface area contributed by atoms with Crippen molar-refractivity contribution in [2.75, 3.05) is 6.54 Å². The molecule has 0 amide bonds. The lowest BCUT2D eigenvalue weighted by Crippen LogP contribution is -2.23. The summed E-state index contributed by atoms with van der Waals surface area (Å²) in [5.74, 6) is 0.185. The van der Waals surface area contributed by atoms with E-state index < -0.39 is 11.7 Å². The largest absolute Gasteiger partial charge is 0.412 e. The summed E-state index contributed by atoms with van der Waals surface area (Å²) in [4.78, 5) is 0. The molecular weight excluding hydrogens is 251 g/mol. The Kier molecular flexibility index (Phi) is 4.88. The number of nitrogens with two attached hydrogens (primary N) is 1. The van der Waals surface area contributed by atoms with E-state index >= 15 is 0 Å². The Morgan fingerprint density at radius 3 is 2.32 bits per heavy atom. The molecule has 110 valence electrons. The first-order chi connectivity index (χ1) is 8.54. The van der Waals surface area contributed by atoms with Gasteiger partial charge in [-0.05, 0) is 42.2 Å². The fourth-order valence-corrected chi connectivity index (χ4v) is 2.32. The first kappa shape index (κ1) is 16.3. The molecule has 0 saturated heterocycles. The lowest BCUT2D eigenvalue weighted by molar-refractivity contribution is -0.0954. The van der Waals surface area contributed by atoms with Crippen LogP contribution in [0.15, 0.2) is 23.3 Å². The van der Waals surface area contributed by atoms with Crippen molar-refractivity contribution in [3.8, 4) is 0 Å². The van der Waals surface area contributed by atoms with E-state index in [9.17, 15) is 13.2 Å². The van der Waals surface area contributed by atoms with Gasteiger partial charge in [0.2, 0.25) is 0 Å². The predicted octanol–water partition coefficient (Wildman–Crippen LogP) is 4.45. The molecular formula is C15H24F3N. The van der Waals surface area contributed by atoms with Gasteiger partial charge in [-0.25, -0.2) is 0 Å². The number of hydrogen-bond acceptors (Lipinski definition) is 1. The van der Waals surface area contributed by atoms with Crippen LogP contribution >= 0.6 is 0 Å². The quantitative estimate of drug-likeness (QED) is 0.809. The highest BCUT2D eigenvalue weighted by molar-refractivity contribution is 5.35. The zero-order valence-corrected chi connectivity index (χ0v) is 12.1. The smallest absolute Gasteiger partial charge is 0.330 e. The molecule has 0 heterocycles. The molecule has 0 radical (unpaired) electrons. The molecule has 0 saturated carbocycles. The molecule has 1 rings (SSSR count). The van der Waals surface area contributed by atoms with Gasteiger partial charge in [-0.15, -0.1) is 0 Å². The van der Waals surface area contributed by atoms with Gasteiger partial charge in [-0.1, -0.05) is 39.8 Å². The molecule has 0 aliphatic heterocycles. The van der Waals surface area contributed by atoms with Crippen LogP contribution < -0.4 is 5.73 Å². The van der Waals surface area contributed by atoms with E-state index in [1.54, 1.807) is 0 Å². The number of rotatable bonds is 3. The van der Waals surface area contributed by atoms with Crippen LogP contribution in [-0.2, 0) is 0 Å². The lowest BCUT2D eigenvalue weighted by atomic mass is 9.76. The number of alkyl halides is 3. The Morgan fingerprint density at radius 1 is 1.32 bits per heavy atom. The molecule has 2 unspecified atom stereocenters. The fourth-order valence-electron chi connectivity index (χ4n) is 2.32. The first-order valence-corrected chi connectivity index (χ1v) is 6.74. The third-order valence-electron chi connectivity index (χ3n) is 3.56. The standard InChI is InChI=1S/C15H24F3N/c1-10(9-19)5-11-6-12(14(2,3)4)8-13(7-11)15(16,17)18/h6,8,10-11H,5,7,9,19H2,1-4H3. The molecule has 0 fully saturated rings. The van der Waals surface area contributed by atoms with E-state index in [0.29, 0.717) is 13.0 Å². The second-order valence-corrected chi connectivity index (χ2v) is 6.58. The van der Waals surface area contributed by atoms with Gasteiger partial charge in [0.05, 0.1) is 0 Å². The van der Waals surface area contributed by atoms with E-state index in [-0.39, 0.29) is 23.7 Å². The molecule has 4 heteroatoms. The fraction of sp³-hybridized carbons (Fsp3) is 0.733. The Morgan fingerprint density at radius 2 is 1.89 bits per heavy atom. The number of allylic oxidation sites excluding steroid dienone is 4. The molecule has 0 aromatic carbocycles. The summed E-state index contributed by atoms with van der Waals surface area (Å²) in [6.07, 6.45) is -0.114. The zero-order valence-electron chi connectivity index (χ0n) is 12.1. The van der Waals surface area contributed by atoms with Crippen LogP contribution in [0.3, 0.4) is 0 Å². The maximum Gasteiger partial charge on any atom is 0.412 e. The minimum atomic E-state index is -4.23. The van der Waals surface area contributed by atoms with E-state index in [4.69, 9.17) is 5.73 Å². The van der Waals surface area contributed by atoms with Gasteiger partial charge in [0.1, 0.15) is 0 Å². The average Bonchev–Trinajstić information content (AvgIpc) is 2.26. The molecule has 2 atom stereocenters. The molecule has 1 aliphatic rings. The summed E-state index contributed by atoms with van der Waals surface area (Å²) in [6, 6.07) is 0. The van der Waals surface area contributed by atoms with Crippen LogP contribution in [-0.4, -0.2) is 12.7 Å². The molecule has 0 aromatic rings. The summed E-state index contributed by atoms with van der Waals surface area (Å²) in [5.41, 5.74) is 5.68. The normalized spacial score (nSPS) is 22.8. The Hall–Kier alpha value is -0.770. The van der Waals surface area contributed by atoms with Crippen molar-refractivity contribution in [3.05, 3.63) is 23.3 Å². The summed E-state index contributed by atoms with van der Waals surface area (Å²) < 4.78 is 38.9. The molecule has 0 bridgehead atoms. The van der Waals surface area contributed by atoms with Gasteiger partial charge in [0.15, 0.2) is 0 Å². The van der Waals surface area contributed by atoms with Crippen molar-refractivity contribution >= 4 is 0 Å². The van der Waals surface area contributed by atoms with Crippen molar-refractivity contribution in [3.63, 3.8) is 0 Å². The average molecular weight is 275 g/mol. The summed E-state index contributed by atoms with van der Waals surface area (Å²) >= 11 is 0. The Bertz CT molecular complexity index is 372. The molecule has 0 aromatic heterocycles. The highest BCUT2D eigenvalue weighted by Crippen LogP contribution is 2.41. The third kappa shape index (κ3) is 4.68. The second kappa shape index (κ2) is 5.70. The van der Waals surface area contributed by atoms with Crippen molar-refractivity contribution in [1.29, 1.82) is 0 Å². The monoisotopic (exact) mass is 275 g/mol. The highest BCUT2D eigenvalue weighted by atomic mass is 19.4. The van der Waals surface area contributed by atoms with Gasteiger partial charge in [-0.3, -0.25) is 0 Å². The van der Waals surface area contributed by atoms with E-state index in [1.807, 2.05) is 33.8 Å². The van der Waals surface area contributed by atoms with Crippen molar-refractivity contribution in [2.24, 2.45) is 23.0 Å². The SMILES string of the molecule is CC(CN)CC1C=C(C(C)(C)C)C=C(C(F)(F)F)C1. The molecule has 2 N–H and O–H groups in total. The summed E-state index contributed by atoms with van der Waals surface area (Å²) in [6.45, 7) is 8.32. The Balaban J connectivity index is 3.01. The third-order valence-corrected chi connectivity index (χ3v) is 3.56. The van der Waals surface area contributed by atoms with Crippen LogP contribution in [0.5, 0.6) is 0 Å². The predicted molar refractivity (Wildman–Crippen MR) is 72.6 cm³/mol. The van der Waals surface area contributed by atoms with E-state index in [0.717, 1.165) is 5.57 Å².